The zero-order chi connectivity index (χ0) is 18.7. The zero-order valence-corrected chi connectivity index (χ0v) is 15.1. The monoisotopic (exact) mass is 360 g/mol. The van der Waals surface area contributed by atoms with Gasteiger partial charge in [0.25, 0.3) is 0 Å². The fourth-order valence-electron chi connectivity index (χ4n) is 4.26. The molecule has 28 heavy (non-hydrogen) atoms. The van der Waals surface area contributed by atoms with Gasteiger partial charge in [-0.2, -0.15) is 0 Å². The van der Waals surface area contributed by atoms with Crippen LogP contribution in [0.3, 0.4) is 0 Å². The number of aromatic amines is 2. The van der Waals surface area contributed by atoms with Gasteiger partial charge in [-0.25, -0.2) is 0 Å². The Kier molecular flexibility index (Phi) is 3.19. The van der Waals surface area contributed by atoms with Crippen molar-refractivity contribution in [3.05, 3.63) is 84.9 Å². The second kappa shape index (κ2) is 5.75. The summed E-state index contributed by atoms with van der Waals surface area (Å²) < 4.78 is 0. The molecule has 0 saturated heterocycles. The normalized spacial score (nSPS) is 11.8. The summed E-state index contributed by atoms with van der Waals surface area (Å²) in [5.74, 6) is 0. The molecule has 6 rings (SSSR count). The third kappa shape index (κ3) is 2.22. The first-order valence-corrected chi connectivity index (χ1v) is 9.47. The van der Waals surface area contributed by atoms with E-state index >= 15 is 0 Å². The zero-order valence-electron chi connectivity index (χ0n) is 15.1. The van der Waals surface area contributed by atoms with Gasteiger partial charge in [-0.3, -0.25) is 0 Å². The molecule has 3 nitrogen and oxygen atoms in total. The van der Waals surface area contributed by atoms with Crippen molar-refractivity contribution in [1.82, 2.24) is 9.97 Å². The van der Waals surface area contributed by atoms with Gasteiger partial charge in [0.05, 0.1) is 0 Å². The molecule has 4 aromatic carbocycles. The summed E-state index contributed by atoms with van der Waals surface area (Å²) >= 11 is 0. The van der Waals surface area contributed by atoms with Crippen LogP contribution in [0.2, 0.25) is 0 Å². The molecular weight excluding hydrogens is 343 g/mol. The molecule has 0 aliphatic heterocycles. The minimum absolute atomic E-state index is 0.670. The molecule has 132 valence electrons. The maximum absolute atomic E-state index is 11.1. The Bertz CT molecular complexity index is 1380. The van der Waals surface area contributed by atoms with Gasteiger partial charge in [-0.05, 0) is 35.2 Å². The first-order chi connectivity index (χ1) is 13.8. The van der Waals surface area contributed by atoms with Crippen LogP contribution in [0.25, 0.3) is 43.6 Å². The van der Waals surface area contributed by atoms with E-state index < -0.39 is 6.92 Å². The van der Waals surface area contributed by atoms with Crippen molar-refractivity contribution >= 4 is 61.5 Å². The minimum atomic E-state index is -0.670. The summed E-state index contributed by atoms with van der Waals surface area (Å²) in [6, 6.07) is 28.8. The van der Waals surface area contributed by atoms with E-state index in [2.05, 4.69) is 58.5 Å². The lowest BCUT2D eigenvalue weighted by molar-refractivity contribution is 0.600. The van der Waals surface area contributed by atoms with E-state index in [1.165, 1.54) is 10.8 Å². The van der Waals surface area contributed by atoms with Gasteiger partial charge < -0.3 is 15.0 Å². The lowest BCUT2D eigenvalue weighted by Gasteiger charge is -2.08. The van der Waals surface area contributed by atoms with Gasteiger partial charge in [0.1, 0.15) is 0 Å². The Labute approximate surface area is 161 Å². The van der Waals surface area contributed by atoms with Gasteiger partial charge in [0.2, 0.25) is 0 Å². The number of rotatable bonds is 2. The van der Waals surface area contributed by atoms with Crippen molar-refractivity contribution in [3.63, 3.8) is 0 Å². The molecule has 0 spiro atoms. The van der Waals surface area contributed by atoms with E-state index in [4.69, 9.17) is 0 Å². The molecule has 0 aliphatic rings. The number of para-hydroxylation sites is 2. The average Bonchev–Trinajstić information content (AvgIpc) is 3.30. The van der Waals surface area contributed by atoms with Crippen LogP contribution < -0.4 is 10.9 Å². The number of fused-ring (bicyclic) bond motifs is 6. The minimum Gasteiger partial charge on any atom is -0.443 e. The highest BCUT2D eigenvalue weighted by molar-refractivity contribution is 6.79. The standard InChI is InChI=1S/C24H17BN2O/c28-25(15-9-11-23-19(13-15)17-5-1-3-7-21(17)26-23)16-10-12-24-20(14-16)18-6-2-4-8-22(18)27-24/h1-14,26-28H. The molecule has 3 N–H and O–H groups in total. The number of nitrogens with one attached hydrogen (secondary N) is 2. The second-order valence-electron chi connectivity index (χ2n) is 7.35. The fraction of sp³-hybridized carbons (Fsp3) is 0. The van der Waals surface area contributed by atoms with E-state index in [0.29, 0.717) is 0 Å². The van der Waals surface area contributed by atoms with Crippen LogP contribution in [0.4, 0.5) is 0 Å². The van der Waals surface area contributed by atoms with E-state index in [1.54, 1.807) is 0 Å². The number of H-pyrrole nitrogens is 2. The number of hydrogen-bond acceptors (Lipinski definition) is 1. The third-order valence-corrected chi connectivity index (χ3v) is 5.69. The summed E-state index contributed by atoms with van der Waals surface area (Å²) in [6.45, 7) is -0.670. The Balaban J connectivity index is 1.50. The van der Waals surface area contributed by atoms with Gasteiger partial charge in [-0.1, -0.05) is 60.7 Å². The highest BCUT2D eigenvalue weighted by Gasteiger charge is 2.19. The molecule has 0 atom stereocenters. The number of aromatic nitrogens is 2. The quantitative estimate of drug-likeness (QED) is 0.401. The highest BCUT2D eigenvalue weighted by atomic mass is 16.2. The molecule has 2 aromatic heterocycles. The molecular formula is C24H17BN2O. The highest BCUT2D eigenvalue weighted by Crippen LogP contribution is 2.25. The summed E-state index contributed by atoms with van der Waals surface area (Å²) in [4.78, 5) is 6.88. The molecule has 0 saturated carbocycles. The van der Waals surface area contributed by atoms with Gasteiger partial charge in [0.15, 0.2) is 0 Å². The molecule has 0 radical (unpaired) electrons. The lowest BCUT2D eigenvalue weighted by Crippen LogP contribution is -2.42. The number of hydrogen-bond donors (Lipinski definition) is 3. The van der Waals surface area contributed by atoms with Crippen LogP contribution in [-0.4, -0.2) is 21.9 Å². The number of benzene rings is 4. The maximum Gasteiger partial charge on any atom is 0.358 e. The van der Waals surface area contributed by atoms with Crippen molar-refractivity contribution < 1.29 is 5.02 Å². The molecule has 6 aromatic rings. The van der Waals surface area contributed by atoms with Crippen molar-refractivity contribution in [2.45, 2.75) is 0 Å². The first kappa shape index (κ1) is 15.6. The Hall–Kier alpha value is -3.50. The summed E-state index contributed by atoms with van der Waals surface area (Å²) in [5, 5.41) is 15.7. The fourth-order valence-corrected chi connectivity index (χ4v) is 4.26. The van der Waals surface area contributed by atoms with Crippen LogP contribution in [0.1, 0.15) is 0 Å². The van der Waals surface area contributed by atoms with E-state index in [1.807, 2.05) is 36.4 Å². The molecule has 0 bridgehead atoms. The van der Waals surface area contributed by atoms with Crippen molar-refractivity contribution in [2.24, 2.45) is 0 Å². The van der Waals surface area contributed by atoms with Crippen LogP contribution in [0, 0.1) is 0 Å². The Morgan fingerprint density at radius 2 is 0.929 bits per heavy atom. The largest absolute Gasteiger partial charge is 0.443 e. The summed E-state index contributed by atoms with van der Waals surface area (Å²) in [6.07, 6.45) is 0. The van der Waals surface area contributed by atoms with Crippen LogP contribution >= 0.6 is 0 Å². The molecule has 0 unspecified atom stereocenters. The Morgan fingerprint density at radius 1 is 0.500 bits per heavy atom. The van der Waals surface area contributed by atoms with E-state index in [-0.39, 0.29) is 0 Å². The van der Waals surface area contributed by atoms with Gasteiger partial charge in [-0.15, -0.1) is 0 Å². The van der Waals surface area contributed by atoms with Crippen LogP contribution in [0.15, 0.2) is 84.9 Å². The van der Waals surface area contributed by atoms with Crippen LogP contribution in [0.5, 0.6) is 0 Å². The summed E-state index contributed by atoms with van der Waals surface area (Å²) in [7, 11) is 0. The predicted octanol–water partition coefficient (Wildman–Crippen LogP) is 4.05. The SMILES string of the molecule is OB(c1ccc2[nH]c3ccccc3c2c1)c1ccc2[nH]c3ccccc3c2c1. The predicted molar refractivity (Wildman–Crippen MR) is 119 cm³/mol. The maximum atomic E-state index is 11.1. The van der Waals surface area contributed by atoms with Gasteiger partial charge in [0, 0.05) is 43.6 Å². The third-order valence-electron chi connectivity index (χ3n) is 5.69. The van der Waals surface area contributed by atoms with Gasteiger partial charge >= 0.3 is 6.92 Å². The Morgan fingerprint density at radius 3 is 1.43 bits per heavy atom. The summed E-state index contributed by atoms with van der Waals surface area (Å²) in [5.41, 5.74) is 6.20. The molecule has 2 heterocycles. The van der Waals surface area contributed by atoms with Crippen molar-refractivity contribution in [3.8, 4) is 0 Å². The smallest absolute Gasteiger partial charge is 0.358 e. The molecule has 4 heteroatoms. The topological polar surface area (TPSA) is 51.8 Å². The van der Waals surface area contributed by atoms with Crippen molar-refractivity contribution in [1.29, 1.82) is 0 Å². The van der Waals surface area contributed by atoms with E-state index in [9.17, 15) is 5.02 Å². The molecule has 0 amide bonds. The first-order valence-electron chi connectivity index (χ1n) is 9.47. The molecule has 0 fully saturated rings. The average molecular weight is 360 g/mol. The van der Waals surface area contributed by atoms with E-state index in [0.717, 1.165) is 43.8 Å². The second-order valence-corrected chi connectivity index (χ2v) is 7.35. The lowest BCUT2D eigenvalue weighted by atomic mass is 9.55. The van der Waals surface area contributed by atoms with Crippen LogP contribution in [-0.2, 0) is 0 Å². The van der Waals surface area contributed by atoms with Crippen molar-refractivity contribution in [2.75, 3.05) is 0 Å². The molecule has 0 aliphatic carbocycles.